The zero-order valence-electron chi connectivity index (χ0n) is 11.9. The van der Waals surface area contributed by atoms with Gasteiger partial charge < -0.3 is 10.0 Å². The van der Waals surface area contributed by atoms with Crippen molar-refractivity contribution >= 4 is 0 Å². The van der Waals surface area contributed by atoms with Gasteiger partial charge in [0, 0.05) is 6.54 Å². The first-order valence-corrected chi connectivity index (χ1v) is 6.71. The molecule has 1 heterocycles. The van der Waals surface area contributed by atoms with Gasteiger partial charge in [0.1, 0.15) is 5.75 Å². The molecule has 116 valence electrons. The summed E-state index contributed by atoms with van der Waals surface area (Å²) in [5.74, 6) is -1.08. The molecule has 0 aromatic heterocycles. The maximum absolute atomic E-state index is 11.3. The first kappa shape index (κ1) is 15.5. The van der Waals surface area contributed by atoms with Gasteiger partial charge in [-0.2, -0.15) is 0 Å². The van der Waals surface area contributed by atoms with Gasteiger partial charge in [-0.25, -0.2) is 0 Å². The SMILES string of the molecule is CCCN1C=C([N+](=O)[O-])C(c2ccc(O)cc2)C([N+](=O)[O-])=C1. The van der Waals surface area contributed by atoms with Crippen molar-refractivity contribution in [1.29, 1.82) is 0 Å². The van der Waals surface area contributed by atoms with Crippen molar-refractivity contribution in [3.63, 3.8) is 0 Å². The molecule has 1 aromatic rings. The molecule has 2 rings (SSSR count). The summed E-state index contributed by atoms with van der Waals surface area (Å²) in [4.78, 5) is 22.9. The molecule has 22 heavy (non-hydrogen) atoms. The third-order valence-electron chi connectivity index (χ3n) is 3.32. The number of benzene rings is 1. The van der Waals surface area contributed by atoms with Crippen LogP contribution < -0.4 is 0 Å². The standard InChI is InChI=1S/C14H15N3O5/c1-2-7-15-8-12(16(19)20)14(13(9-15)17(21)22)10-3-5-11(18)6-4-10/h3-6,8-9,14,18H,2,7H2,1H3. The maximum Gasteiger partial charge on any atom is 0.280 e. The van der Waals surface area contributed by atoms with Crippen molar-refractivity contribution in [2.24, 2.45) is 0 Å². The lowest BCUT2D eigenvalue weighted by atomic mass is 9.91. The fourth-order valence-electron chi connectivity index (χ4n) is 2.38. The molecule has 0 saturated carbocycles. The Morgan fingerprint density at radius 2 is 1.59 bits per heavy atom. The summed E-state index contributed by atoms with van der Waals surface area (Å²) < 4.78 is 0. The van der Waals surface area contributed by atoms with Gasteiger partial charge in [-0.05, 0) is 24.1 Å². The van der Waals surface area contributed by atoms with Gasteiger partial charge in [0.2, 0.25) is 0 Å². The van der Waals surface area contributed by atoms with Crippen LogP contribution in [0.3, 0.4) is 0 Å². The van der Waals surface area contributed by atoms with E-state index in [1.165, 1.54) is 41.6 Å². The van der Waals surface area contributed by atoms with Crippen molar-refractivity contribution < 1.29 is 15.0 Å². The van der Waals surface area contributed by atoms with Crippen LogP contribution in [0.1, 0.15) is 24.8 Å². The number of hydrogen-bond donors (Lipinski definition) is 1. The quantitative estimate of drug-likeness (QED) is 0.661. The zero-order valence-corrected chi connectivity index (χ0v) is 11.9. The Hall–Kier alpha value is -2.90. The lowest BCUT2D eigenvalue weighted by Crippen LogP contribution is -2.27. The van der Waals surface area contributed by atoms with E-state index in [2.05, 4.69) is 0 Å². The largest absolute Gasteiger partial charge is 0.508 e. The van der Waals surface area contributed by atoms with E-state index in [9.17, 15) is 25.3 Å². The second-order valence-corrected chi connectivity index (χ2v) is 4.88. The Kier molecular flexibility index (Phi) is 4.40. The first-order chi connectivity index (χ1) is 10.4. The number of phenolic OH excluding ortho intramolecular Hbond substituents is 1. The highest BCUT2D eigenvalue weighted by Crippen LogP contribution is 2.36. The summed E-state index contributed by atoms with van der Waals surface area (Å²) in [7, 11) is 0. The summed E-state index contributed by atoms with van der Waals surface area (Å²) in [6.45, 7) is 2.34. The summed E-state index contributed by atoms with van der Waals surface area (Å²) in [6.07, 6.45) is 3.36. The van der Waals surface area contributed by atoms with E-state index in [0.29, 0.717) is 18.5 Å². The number of rotatable bonds is 5. The number of hydrogen-bond acceptors (Lipinski definition) is 6. The number of phenols is 1. The minimum absolute atomic E-state index is 0.00886. The Labute approximate surface area is 126 Å². The summed E-state index contributed by atoms with van der Waals surface area (Å²) in [5, 5.41) is 32.0. The Bertz CT molecular complexity index is 619. The van der Waals surface area contributed by atoms with Gasteiger partial charge in [0.25, 0.3) is 11.4 Å². The molecule has 1 aliphatic rings. The molecular formula is C14H15N3O5. The maximum atomic E-state index is 11.3. The molecule has 0 fully saturated rings. The average Bonchev–Trinajstić information content (AvgIpc) is 2.47. The van der Waals surface area contributed by atoms with E-state index in [4.69, 9.17) is 0 Å². The monoisotopic (exact) mass is 305 g/mol. The first-order valence-electron chi connectivity index (χ1n) is 6.71. The Morgan fingerprint density at radius 3 is 2.00 bits per heavy atom. The van der Waals surface area contributed by atoms with E-state index in [0.717, 1.165) is 0 Å². The van der Waals surface area contributed by atoms with Gasteiger partial charge in [-0.3, -0.25) is 20.2 Å². The zero-order chi connectivity index (χ0) is 16.3. The van der Waals surface area contributed by atoms with Gasteiger partial charge in [-0.15, -0.1) is 0 Å². The molecule has 0 unspecified atom stereocenters. The van der Waals surface area contributed by atoms with E-state index in [1.807, 2.05) is 6.92 Å². The summed E-state index contributed by atoms with van der Waals surface area (Å²) in [6, 6.07) is 5.60. The fraction of sp³-hybridized carbons (Fsp3) is 0.286. The van der Waals surface area contributed by atoms with E-state index in [-0.39, 0.29) is 17.1 Å². The highest BCUT2D eigenvalue weighted by atomic mass is 16.6. The molecule has 1 N–H and O–H groups in total. The highest BCUT2D eigenvalue weighted by Gasteiger charge is 2.41. The Morgan fingerprint density at radius 1 is 1.09 bits per heavy atom. The highest BCUT2D eigenvalue weighted by molar-refractivity contribution is 5.38. The molecule has 0 amide bonds. The van der Waals surface area contributed by atoms with Gasteiger partial charge in [-0.1, -0.05) is 19.1 Å². The molecule has 0 saturated heterocycles. The van der Waals surface area contributed by atoms with Crippen molar-refractivity contribution in [3.8, 4) is 5.75 Å². The number of nitrogens with zero attached hydrogens (tertiary/aromatic N) is 3. The van der Waals surface area contributed by atoms with Crippen molar-refractivity contribution in [2.75, 3.05) is 6.54 Å². The fourth-order valence-corrected chi connectivity index (χ4v) is 2.38. The lowest BCUT2D eigenvalue weighted by Gasteiger charge is -2.22. The van der Waals surface area contributed by atoms with Crippen LogP contribution in [0.25, 0.3) is 0 Å². The average molecular weight is 305 g/mol. The predicted molar refractivity (Wildman–Crippen MR) is 78.0 cm³/mol. The molecular weight excluding hydrogens is 290 g/mol. The molecule has 0 bridgehead atoms. The van der Waals surface area contributed by atoms with Gasteiger partial charge in [0.15, 0.2) is 5.92 Å². The molecule has 0 atom stereocenters. The van der Waals surface area contributed by atoms with Crippen LogP contribution >= 0.6 is 0 Å². The third kappa shape index (κ3) is 3.05. The molecule has 0 radical (unpaired) electrons. The smallest absolute Gasteiger partial charge is 0.280 e. The molecule has 8 heteroatoms. The molecule has 8 nitrogen and oxygen atoms in total. The second-order valence-electron chi connectivity index (χ2n) is 4.88. The van der Waals surface area contributed by atoms with Gasteiger partial charge in [0.05, 0.1) is 22.2 Å². The molecule has 0 spiro atoms. The van der Waals surface area contributed by atoms with Crippen LogP contribution in [-0.2, 0) is 0 Å². The predicted octanol–water partition coefficient (Wildman–Crippen LogP) is 2.44. The normalized spacial score (nSPS) is 15.2. The van der Waals surface area contributed by atoms with Crippen molar-refractivity contribution in [2.45, 2.75) is 19.3 Å². The molecule has 1 aromatic carbocycles. The van der Waals surface area contributed by atoms with Crippen molar-refractivity contribution in [3.05, 3.63) is 73.9 Å². The lowest BCUT2D eigenvalue weighted by molar-refractivity contribution is -0.456. The van der Waals surface area contributed by atoms with Crippen LogP contribution in [0.5, 0.6) is 5.75 Å². The second kappa shape index (κ2) is 6.25. The molecule has 0 aliphatic carbocycles. The molecule has 1 aliphatic heterocycles. The topological polar surface area (TPSA) is 110 Å². The summed E-state index contributed by atoms with van der Waals surface area (Å²) >= 11 is 0. The van der Waals surface area contributed by atoms with Crippen LogP contribution in [0.4, 0.5) is 0 Å². The van der Waals surface area contributed by atoms with Gasteiger partial charge >= 0.3 is 0 Å². The Balaban J connectivity index is 2.53. The van der Waals surface area contributed by atoms with Crippen LogP contribution in [0.2, 0.25) is 0 Å². The van der Waals surface area contributed by atoms with E-state index >= 15 is 0 Å². The number of nitro groups is 2. The van der Waals surface area contributed by atoms with Crippen LogP contribution in [-0.4, -0.2) is 26.4 Å². The minimum Gasteiger partial charge on any atom is -0.508 e. The van der Waals surface area contributed by atoms with Crippen molar-refractivity contribution in [1.82, 2.24) is 4.90 Å². The van der Waals surface area contributed by atoms with Crippen LogP contribution in [0.15, 0.2) is 48.1 Å². The third-order valence-corrected chi connectivity index (χ3v) is 3.32. The minimum atomic E-state index is -1.07. The number of aromatic hydroxyl groups is 1. The van der Waals surface area contributed by atoms with Crippen LogP contribution in [0, 0.1) is 20.2 Å². The van der Waals surface area contributed by atoms with E-state index in [1.54, 1.807) is 0 Å². The van der Waals surface area contributed by atoms with E-state index < -0.39 is 15.8 Å². The summed E-state index contributed by atoms with van der Waals surface area (Å²) in [5.41, 5.74) is -0.124.